The van der Waals surface area contributed by atoms with Gasteiger partial charge in [0.1, 0.15) is 5.75 Å². The highest BCUT2D eigenvalue weighted by atomic mass is 16.5. The first kappa shape index (κ1) is 12.3. The smallest absolute Gasteiger partial charge is 0.337 e. The molecule has 0 amide bonds. The first-order valence-corrected chi connectivity index (χ1v) is 4.74. The predicted octanol–water partition coefficient (Wildman–Crippen LogP) is 0.489. The number of benzene rings is 1. The number of nitrogen functional groups attached to an aromatic ring is 1. The molecule has 1 atom stereocenters. The summed E-state index contributed by atoms with van der Waals surface area (Å²) in [5, 5.41) is 18.2. The number of ether oxygens (including phenoxy) is 1. The molecule has 5 N–H and O–H groups in total. The van der Waals surface area contributed by atoms with Crippen LogP contribution in [0.4, 0.5) is 5.69 Å². The summed E-state index contributed by atoms with van der Waals surface area (Å²) in [5.41, 5.74) is 2.84. The number of anilines is 1. The molecule has 16 heavy (non-hydrogen) atoms. The minimum absolute atomic E-state index is 0.168. The van der Waals surface area contributed by atoms with E-state index in [0.29, 0.717) is 18.0 Å². The third-order valence-corrected chi connectivity index (χ3v) is 2.02. The molecular weight excluding hydrogens is 212 g/mol. The van der Waals surface area contributed by atoms with Crippen molar-refractivity contribution >= 4 is 11.7 Å². The van der Waals surface area contributed by atoms with Crippen LogP contribution in [0.5, 0.6) is 5.75 Å². The quantitative estimate of drug-likeness (QED) is 0.430. The maximum absolute atomic E-state index is 10.7. The van der Waals surface area contributed by atoms with E-state index in [-0.39, 0.29) is 5.56 Å². The number of hydrazine groups is 1. The summed E-state index contributed by atoms with van der Waals surface area (Å²) in [6, 6.07) is 4.63. The molecule has 6 nitrogen and oxygen atoms in total. The van der Waals surface area contributed by atoms with Crippen molar-refractivity contribution in [1.82, 2.24) is 0 Å². The molecule has 0 aliphatic carbocycles. The van der Waals surface area contributed by atoms with E-state index in [2.05, 4.69) is 5.43 Å². The van der Waals surface area contributed by atoms with E-state index in [4.69, 9.17) is 15.7 Å². The molecule has 1 aromatic carbocycles. The highest BCUT2D eigenvalue weighted by Gasteiger charge is 2.20. The Morgan fingerprint density at radius 3 is 2.81 bits per heavy atom. The molecule has 0 aromatic heterocycles. The summed E-state index contributed by atoms with van der Waals surface area (Å²) in [6.45, 7) is 2.26. The number of nitrogens with one attached hydrogen (secondary N) is 1. The lowest BCUT2D eigenvalue weighted by Gasteiger charge is -2.13. The number of nitrogens with two attached hydrogens (primary N) is 1. The van der Waals surface area contributed by atoms with Gasteiger partial charge in [-0.15, -0.1) is 0 Å². The van der Waals surface area contributed by atoms with Gasteiger partial charge in [-0.25, -0.2) is 4.79 Å². The summed E-state index contributed by atoms with van der Waals surface area (Å²) in [7, 11) is 0. The number of aliphatic hydroxyl groups excluding tert-OH is 1. The number of carboxylic acid groups (broad SMARTS) is 1. The zero-order chi connectivity index (χ0) is 12.1. The Morgan fingerprint density at radius 1 is 1.62 bits per heavy atom. The lowest BCUT2D eigenvalue weighted by atomic mass is 10.1. The van der Waals surface area contributed by atoms with Crippen LogP contribution in [0.3, 0.4) is 0 Å². The van der Waals surface area contributed by atoms with Gasteiger partial charge in [-0.1, -0.05) is 0 Å². The molecule has 0 saturated heterocycles. The monoisotopic (exact) mass is 226 g/mol. The third kappa shape index (κ3) is 2.62. The van der Waals surface area contributed by atoms with Crippen molar-refractivity contribution in [3.8, 4) is 5.75 Å². The molecule has 0 heterocycles. The number of carbonyl (C=O) groups is 1. The van der Waals surface area contributed by atoms with Crippen molar-refractivity contribution in [3.63, 3.8) is 0 Å². The van der Waals surface area contributed by atoms with Crippen LogP contribution in [0.15, 0.2) is 18.2 Å². The Morgan fingerprint density at radius 2 is 2.31 bits per heavy atom. The highest BCUT2D eigenvalue weighted by Crippen LogP contribution is 2.27. The van der Waals surface area contributed by atoms with Crippen molar-refractivity contribution in [2.75, 3.05) is 12.0 Å². The molecule has 1 unspecified atom stereocenters. The molecular formula is C10H14N2O4. The fourth-order valence-corrected chi connectivity index (χ4v) is 1.29. The van der Waals surface area contributed by atoms with E-state index in [1.165, 1.54) is 6.07 Å². The summed E-state index contributed by atoms with van der Waals surface area (Å²) >= 11 is 0. The van der Waals surface area contributed by atoms with Crippen LogP contribution in [-0.2, 0) is 4.79 Å². The van der Waals surface area contributed by atoms with Crippen molar-refractivity contribution in [3.05, 3.63) is 23.8 Å². The largest absolute Gasteiger partial charge is 0.494 e. The van der Waals surface area contributed by atoms with Crippen molar-refractivity contribution in [2.45, 2.75) is 13.0 Å². The SMILES string of the molecule is CCOc1ccc(NN)c(C(O)C(=O)O)c1. The number of hydrogen-bond donors (Lipinski definition) is 4. The van der Waals surface area contributed by atoms with Gasteiger partial charge in [-0.2, -0.15) is 0 Å². The minimum atomic E-state index is -1.63. The van der Waals surface area contributed by atoms with Crippen molar-refractivity contribution in [1.29, 1.82) is 0 Å². The van der Waals surface area contributed by atoms with Crippen LogP contribution in [0, 0.1) is 0 Å². The first-order valence-electron chi connectivity index (χ1n) is 4.74. The van der Waals surface area contributed by atoms with E-state index in [9.17, 15) is 9.90 Å². The van der Waals surface area contributed by atoms with Gasteiger partial charge in [0.05, 0.1) is 12.3 Å². The Balaban J connectivity index is 3.11. The van der Waals surface area contributed by atoms with Gasteiger partial charge >= 0.3 is 5.97 Å². The highest BCUT2D eigenvalue weighted by molar-refractivity contribution is 5.77. The van der Waals surface area contributed by atoms with Gasteiger partial charge in [0, 0.05) is 5.56 Å². The van der Waals surface area contributed by atoms with Gasteiger partial charge in [0.15, 0.2) is 6.10 Å². The van der Waals surface area contributed by atoms with Gasteiger partial charge in [-0.05, 0) is 25.1 Å². The van der Waals surface area contributed by atoms with E-state index in [1.54, 1.807) is 12.1 Å². The normalized spacial score (nSPS) is 11.9. The molecule has 0 bridgehead atoms. The summed E-state index contributed by atoms with van der Waals surface area (Å²) in [5.74, 6) is 4.36. The average Bonchev–Trinajstić information content (AvgIpc) is 2.28. The number of rotatable bonds is 5. The third-order valence-electron chi connectivity index (χ3n) is 2.02. The van der Waals surface area contributed by atoms with E-state index < -0.39 is 12.1 Å². The van der Waals surface area contributed by atoms with Gasteiger partial charge in [0.25, 0.3) is 0 Å². The molecule has 1 aromatic rings. The number of aliphatic carboxylic acids is 1. The first-order chi connectivity index (χ1) is 7.60. The van der Waals surface area contributed by atoms with E-state index >= 15 is 0 Å². The molecule has 0 aliphatic heterocycles. The van der Waals surface area contributed by atoms with Gasteiger partial charge in [-0.3, -0.25) is 5.84 Å². The topological polar surface area (TPSA) is 105 Å². The standard InChI is InChI=1S/C10H14N2O4/c1-2-16-6-3-4-8(12-11)7(5-6)9(13)10(14)15/h3-5,9,12-13H,2,11H2,1H3,(H,14,15). The van der Waals surface area contributed by atoms with E-state index in [1.807, 2.05) is 6.92 Å². The van der Waals surface area contributed by atoms with Crippen molar-refractivity contribution in [2.24, 2.45) is 5.84 Å². The number of hydrogen-bond acceptors (Lipinski definition) is 5. The van der Waals surface area contributed by atoms with Crippen LogP contribution < -0.4 is 16.0 Å². The van der Waals surface area contributed by atoms with Gasteiger partial charge < -0.3 is 20.4 Å². The molecule has 88 valence electrons. The summed E-state index contributed by atoms with van der Waals surface area (Å²) in [4.78, 5) is 10.7. The molecule has 6 heteroatoms. The number of carboxylic acids is 1. The van der Waals surface area contributed by atoms with Crippen molar-refractivity contribution < 1.29 is 19.7 Å². The van der Waals surface area contributed by atoms with Crippen LogP contribution >= 0.6 is 0 Å². The fraction of sp³-hybridized carbons (Fsp3) is 0.300. The van der Waals surface area contributed by atoms with Crippen LogP contribution in [0.25, 0.3) is 0 Å². The zero-order valence-electron chi connectivity index (χ0n) is 8.80. The molecule has 0 saturated carbocycles. The Hall–Kier alpha value is -1.79. The zero-order valence-corrected chi connectivity index (χ0v) is 8.80. The lowest BCUT2D eigenvalue weighted by Crippen LogP contribution is -2.16. The maximum Gasteiger partial charge on any atom is 0.337 e. The van der Waals surface area contributed by atoms with Crippen LogP contribution in [0.2, 0.25) is 0 Å². The average molecular weight is 226 g/mol. The van der Waals surface area contributed by atoms with Gasteiger partial charge in [0.2, 0.25) is 0 Å². The number of aliphatic hydroxyl groups is 1. The lowest BCUT2D eigenvalue weighted by molar-refractivity contribution is -0.146. The second-order valence-electron chi connectivity index (χ2n) is 3.07. The second kappa shape index (κ2) is 5.34. The van der Waals surface area contributed by atoms with Crippen LogP contribution in [0.1, 0.15) is 18.6 Å². The predicted molar refractivity (Wildman–Crippen MR) is 58.0 cm³/mol. The molecule has 0 fully saturated rings. The summed E-state index contributed by atoms with van der Waals surface area (Å²) in [6.07, 6.45) is -1.63. The summed E-state index contributed by atoms with van der Waals surface area (Å²) < 4.78 is 5.20. The van der Waals surface area contributed by atoms with E-state index in [0.717, 1.165) is 0 Å². The second-order valence-corrected chi connectivity index (χ2v) is 3.07. The molecule has 0 aliphatic rings. The molecule has 1 rings (SSSR count). The Kier molecular flexibility index (Phi) is 4.10. The Labute approximate surface area is 92.6 Å². The maximum atomic E-state index is 10.7. The minimum Gasteiger partial charge on any atom is -0.494 e. The van der Waals surface area contributed by atoms with Crippen LogP contribution in [-0.4, -0.2) is 22.8 Å². The Bertz CT molecular complexity index is 381. The molecule has 0 spiro atoms. The molecule has 0 radical (unpaired) electrons. The fourth-order valence-electron chi connectivity index (χ4n) is 1.29.